The highest BCUT2D eigenvalue weighted by atomic mass is 32.2. The molecule has 21 heavy (non-hydrogen) atoms. The lowest BCUT2D eigenvalue weighted by Gasteiger charge is -2.01. The van der Waals surface area contributed by atoms with Crippen LogP contribution in [0.4, 0.5) is 0 Å². The lowest BCUT2D eigenvalue weighted by molar-refractivity contribution is -0.137. The molecular formula is C14H16N2O4S. The van der Waals surface area contributed by atoms with Crippen LogP contribution in [-0.2, 0) is 14.4 Å². The zero-order valence-corrected chi connectivity index (χ0v) is 12.3. The molecule has 7 heteroatoms. The monoisotopic (exact) mass is 308 g/mol. The highest BCUT2D eigenvalue weighted by Gasteiger charge is 2.01. The third-order valence-electron chi connectivity index (χ3n) is 2.37. The number of carbonyl (C=O) groups excluding carboxylic acids is 2. The largest absolute Gasteiger partial charge is 0.480 e. The van der Waals surface area contributed by atoms with Crippen LogP contribution in [0, 0.1) is 0 Å². The predicted octanol–water partition coefficient (Wildman–Crippen LogP) is 0.739. The first-order valence-corrected chi connectivity index (χ1v) is 7.11. The van der Waals surface area contributed by atoms with Crippen LogP contribution in [0.1, 0.15) is 5.56 Å². The van der Waals surface area contributed by atoms with Crippen LogP contribution in [-0.4, -0.2) is 42.2 Å². The highest BCUT2D eigenvalue weighted by Crippen LogP contribution is 2.18. The van der Waals surface area contributed by atoms with Crippen molar-refractivity contribution in [2.45, 2.75) is 4.90 Å². The summed E-state index contributed by atoms with van der Waals surface area (Å²) >= 11 is 1.42. The van der Waals surface area contributed by atoms with Gasteiger partial charge in [0, 0.05) is 18.0 Å². The van der Waals surface area contributed by atoms with Gasteiger partial charge in [0.2, 0.25) is 11.8 Å². The molecular weight excluding hydrogens is 292 g/mol. The summed E-state index contributed by atoms with van der Waals surface area (Å²) in [4.78, 5) is 33.6. The molecule has 0 spiro atoms. The molecule has 112 valence electrons. The van der Waals surface area contributed by atoms with Gasteiger partial charge in [-0.15, -0.1) is 11.8 Å². The number of carboxylic acids is 1. The van der Waals surface area contributed by atoms with E-state index in [-0.39, 0.29) is 5.91 Å². The average molecular weight is 308 g/mol. The van der Waals surface area contributed by atoms with Crippen molar-refractivity contribution in [2.75, 3.05) is 19.3 Å². The van der Waals surface area contributed by atoms with Gasteiger partial charge in [-0.05, 0) is 23.8 Å². The summed E-state index contributed by atoms with van der Waals surface area (Å²) < 4.78 is 0. The molecule has 0 atom stereocenters. The van der Waals surface area contributed by atoms with Gasteiger partial charge in [-0.25, -0.2) is 0 Å². The fourth-order valence-electron chi connectivity index (χ4n) is 1.29. The van der Waals surface area contributed by atoms with E-state index in [0.717, 1.165) is 10.5 Å². The van der Waals surface area contributed by atoms with Crippen molar-refractivity contribution in [1.29, 1.82) is 0 Å². The van der Waals surface area contributed by atoms with E-state index in [0.29, 0.717) is 5.75 Å². The van der Waals surface area contributed by atoms with Gasteiger partial charge < -0.3 is 15.7 Å². The van der Waals surface area contributed by atoms with Crippen molar-refractivity contribution in [3.8, 4) is 0 Å². The minimum Gasteiger partial charge on any atom is -0.480 e. The van der Waals surface area contributed by atoms with Gasteiger partial charge in [-0.2, -0.15) is 0 Å². The number of carbonyl (C=O) groups is 3. The van der Waals surface area contributed by atoms with Crippen LogP contribution in [0.15, 0.2) is 35.2 Å². The Kier molecular flexibility index (Phi) is 7.03. The van der Waals surface area contributed by atoms with Gasteiger partial charge in [-0.1, -0.05) is 12.1 Å². The minimum absolute atomic E-state index is 0.0425. The number of hydrogen-bond donors (Lipinski definition) is 3. The molecule has 0 saturated carbocycles. The number of aliphatic carboxylic acids is 1. The van der Waals surface area contributed by atoms with E-state index in [1.54, 1.807) is 13.1 Å². The maximum atomic E-state index is 11.3. The lowest BCUT2D eigenvalue weighted by atomic mass is 10.2. The fourth-order valence-corrected chi connectivity index (χ4v) is 2.06. The topological polar surface area (TPSA) is 95.5 Å². The average Bonchev–Trinajstić information content (AvgIpc) is 2.49. The Hall–Kier alpha value is -2.28. The molecule has 0 bridgehead atoms. The molecule has 0 aliphatic carbocycles. The molecule has 6 nitrogen and oxygen atoms in total. The molecule has 0 radical (unpaired) electrons. The second-order valence-corrected chi connectivity index (χ2v) is 5.02. The van der Waals surface area contributed by atoms with Gasteiger partial charge >= 0.3 is 5.97 Å². The standard InChI is InChI=1S/C14H16N2O4S/c1-15-13(18)9-21-11-5-2-10(3-6-11)4-7-12(17)16-8-14(19)20/h2-7H,8-9H2,1H3,(H,15,18)(H,16,17)(H,19,20)/b7-4+. The zero-order chi connectivity index (χ0) is 15.7. The van der Waals surface area contributed by atoms with Crippen molar-refractivity contribution in [2.24, 2.45) is 0 Å². The summed E-state index contributed by atoms with van der Waals surface area (Å²) in [5, 5.41) is 13.2. The maximum Gasteiger partial charge on any atom is 0.322 e. The van der Waals surface area contributed by atoms with Crippen LogP contribution in [0.5, 0.6) is 0 Å². The van der Waals surface area contributed by atoms with E-state index in [1.165, 1.54) is 17.8 Å². The molecule has 1 rings (SSSR count). The van der Waals surface area contributed by atoms with Crippen LogP contribution >= 0.6 is 11.8 Å². The lowest BCUT2D eigenvalue weighted by Crippen LogP contribution is -2.27. The van der Waals surface area contributed by atoms with Crippen molar-refractivity contribution in [1.82, 2.24) is 10.6 Å². The Bertz CT molecular complexity index is 540. The van der Waals surface area contributed by atoms with E-state index in [1.807, 2.05) is 24.3 Å². The molecule has 3 N–H and O–H groups in total. The normalized spacial score (nSPS) is 10.3. The quantitative estimate of drug-likeness (QED) is 0.510. The molecule has 0 aliphatic heterocycles. The van der Waals surface area contributed by atoms with Gasteiger partial charge in [0.15, 0.2) is 0 Å². The second kappa shape index (κ2) is 8.80. The summed E-state index contributed by atoms with van der Waals surface area (Å²) in [6, 6.07) is 7.32. The number of amides is 2. The molecule has 2 amide bonds. The van der Waals surface area contributed by atoms with Gasteiger partial charge in [0.1, 0.15) is 6.54 Å². The number of benzene rings is 1. The Morgan fingerprint density at radius 2 is 1.90 bits per heavy atom. The summed E-state index contributed by atoms with van der Waals surface area (Å²) in [6.45, 7) is -0.405. The van der Waals surface area contributed by atoms with Gasteiger partial charge in [-0.3, -0.25) is 14.4 Å². The van der Waals surface area contributed by atoms with Crippen LogP contribution in [0.2, 0.25) is 0 Å². The first-order valence-electron chi connectivity index (χ1n) is 6.12. The van der Waals surface area contributed by atoms with Gasteiger partial charge in [0.05, 0.1) is 5.75 Å². The van der Waals surface area contributed by atoms with Crippen molar-refractivity contribution in [3.05, 3.63) is 35.9 Å². The number of hydrogen-bond acceptors (Lipinski definition) is 4. The summed E-state index contributed by atoms with van der Waals surface area (Å²) in [5.74, 6) is -1.24. The third kappa shape index (κ3) is 7.17. The van der Waals surface area contributed by atoms with E-state index in [4.69, 9.17) is 5.11 Å². The molecule has 0 unspecified atom stereocenters. The molecule has 0 fully saturated rings. The third-order valence-corrected chi connectivity index (χ3v) is 3.38. The molecule has 1 aromatic rings. The summed E-state index contributed by atoms with van der Waals surface area (Å²) in [6.07, 6.45) is 2.86. The van der Waals surface area contributed by atoms with Crippen molar-refractivity contribution >= 4 is 35.6 Å². The molecule has 1 aromatic carbocycles. The number of carboxylic acid groups (broad SMARTS) is 1. The van der Waals surface area contributed by atoms with Crippen molar-refractivity contribution in [3.63, 3.8) is 0 Å². The minimum atomic E-state index is -1.09. The Labute approximate surface area is 126 Å². The molecule has 0 heterocycles. The van der Waals surface area contributed by atoms with Gasteiger partial charge in [0.25, 0.3) is 0 Å². The van der Waals surface area contributed by atoms with E-state index < -0.39 is 18.4 Å². The SMILES string of the molecule is CNC(=O)CSc1ccc(/C=C/C(=O)NCC(=O)O)cc1. The van der Waals surface area contributed by atoms with E-state index in [9.17, 15) is 14.4 Å². The van der Waals surface area contributed by atoms with Crippen LogP contribution in [0.25, 0.3) is 6.08 Å². The highest BCUT2D eigenvalue weighted by molar-refractivity contribution is 8.00. The Morgan fingerprint density at radius 3 is 2.48 bits per heavy atom. The van der Waals surface area contributed by atoms with Crippen LogP contribution in [0.3, 0.4) is 0 Å². The zero-order valence-electron chi connectivity index (χ0n) is 11.5. The number of rotatable bonds is 7. The molecule has 0 saturated heterocycles. The van der Waals surface area contributed by atoms with Crippen molar-refractivity contribution < 1.29 is 19.5 Å². The smallest absolute Gasteiger partial charge is 0.322 e. The first kappa shape index (κ1) is 16.8. The summed E-state index contributed by atoms with van der Waals surface area (Å²) in [7, 11) is 1.59. The Morgan fingerprint density at radius 1 is 1.24 bits per heavy atom. The first-order chi connectivity index (χ1) is 10.0. The molecule has 0 aliphatic rings. The maximum absolute atomic E-state index is 11.3. The predicted molar refractivity (Wildman–Crippen MR) is 80.9 cm³/mol. The fraction of sp³-hybridized carbons (Fsp3) is 0.214. The van der Waals surface area contributed by atoms with E-state index in [2.05, 4.69) is 10.6 Å². The Balaban J connectivity index is 2.48. The second-order valence-electron chi connectivity index (χ2n) is 3.98. The summed E-state index contributed by atoms with van der Waals surface area (Å²) in [5.41, 5.74) is 0.810. The number of thioether (sulfide) groups is 1. The van der Waals surface area contributed by atoms with Crippen LogP contribution < -0.4 is 10.6 Å². The van der Waals surface area contributed by atoms with E-state index >= 15 is 0 Å². The molecule has 0 aromatic heterocycles. The number of nitrogens with one attached hydrogen (secondary N) is 2.